The summed E-state index contributed by atoms with van der Waals surface area (Å²) in [6.07, 6.45) is 2.44. The van der Waals surface area contributed by atoms with E-state index >= 15 is 0 Å². The summed E-state index contributed by atoms with van der Waals surface area (Å²) in [5.74, 6) is 0. The summed E-state index contributed by atoms with van der Waals surface area (Å²) in [7, 11) is 4.23. The first-order valence-electron chi connectivity index (χ1n) is 4.47. The fourth-order valence-electron chi connectivity index (χ4n) is 1.24. The lowest BCUT2D eigenvalue weighted by atomic mass is 10.1. The number of nitrogens with zero attached hydrogens (tertiary/aromatic N) is 1. The molecule has 0 bridgehead atoms. The third-order valence-electron chi connectivity index (χ3n) is 1.91. The van der Waals surface area contributed by atoms with Crippen molar-refractivity contribution in [2.45, 2.75) is 12.8 Å². The van der Waals surface area contributed by atoms with E-state index in [1.54, 1.807) is 0 Å². The van der Waals surface area contributed by atoms with Crippen molar-refractivity contribution in [2.24, 2.45) is 0 Å². The fourth-order valence-corrected chi connectivity index (χ4v) is 1.24. The van der Waals surface area contributed by atoms with E-state index in [2.05, 4.69) is 49.3 Å². The number of hydrogen-bond acceptors (Lipinski definition) is 1. The molecule has 1 rings (SSSR count). The molecular formula is C11H19NO. The van der Waals surface area contributed by atoms with Gasteiger partial charge < -0.3 is 10.4 Å². The zero-order valence-corrected chi connectivity index (χ0v) is 8.46. The van der Waals surface area contributed by atoms with Crippen LogP contribution in [0, 0.1) is 0 Å². The van der Waals surface area contributed by atoms with Crippen molar-refractivity contribution in [3.05, 3.63) is 35.9 Å². The molecule has 0 atom stereocenters. The molecule has 0 saturated carbocycles. The van der Waals surface area contributed by atoms with Gasteiger partial charge in [-0.15, -0.1) is 0 Å². The molecule has 13 heavy (non-hydrogen) atoms. The van der Waals surface area contributed by atoms with E-state index in [0.717, 1.165) is 0 Å². The van der Waals surface area contributed by atoms with Crippen LogP contribution in [0.2, 0.25) is 0 Å². The summed E-state index contributed by atoms with van der Waals surface area (Å²) >= 11 is 0. The molecule has 0 aromatic heterocycles. The lowest BCUT2D eigenvalue weighted by Gasteiger charge is -2.08. The van der Waals surface area contributed by atoms with Gasteiger partial charge in [-0.2, -0.15) is 0 Å². The van der Waals surface area contributed by atoms with E-state index in [4.69, 9.17) is 0 Å². The monoisotopic (exact) mass is 181 g/mol. The number of benzene rings is 1. The van der Waals surface area contributed by atoms with Crippen LogP contribution in [0.1, 0.15) is 12.0 Å². The number of aryl methyl sites for hydroxylation is 1. The molecule has 0 spiro atoms. The second kappa shape index (κ2) is 6.63. The average Bonchev–Trinajstić information content (AvgIpc) is 2.05. The Bertz CT molecular complexity index is 209. The van der Waals surface area contributed by atoms with Gasteiger partial charge >= 0.3 is 0 Å². The minimum atomic E-state index is 0. The Balaban J connectivity index is 0.00000144. The molecular weight excluding hydrogens is 162 g/mol. The fraction of sp³-hybridized carbons (Fsp3) is 0.455. The molecule has 2 nitrogen and oxygen atoms in total. The van der Waals surface area contributed by atoms with Crippen molar-refractivity contribution in [2.75, 3.05) is 20.6 Å². The quantitative estimate of drug-likeness (QED) is 0.690. The zero-order valence-electron chi connectivity index (χ0n) is 8.46. The Morgan fingerprint density at radius 1 is 1.08 bits per heavy atom. The topological polar surface area (TPSA) is 34.7 Å². The van der Waals surface area contributed by atoms with Gasteiger partial charge in [-0.1, -0.05) is 30.3 Å². The molecule has 0 aliphatic rings. The second-order valence-corrected chi connectivity index (χ2v) is 3.39. The van der Waals surface area contributed by atoms with Gasteiger partial charge in [0.05, 0.1) is 0 Å². The average molecular weight is 181 g/mol. The second-order valence-electron chi connectivity index (χ2n) is 3.39. The lowest BCUT2D eigenvalue weighted by molar-refractivity contribution is 0.400. The highest BCUT2D eigenvalue weighted by Gasteiger charge is 1.92. The van der Waals surface area contributed by atoms with Gasteiger partial charge in [0, 0.05) is 0 Å². The summed E-state index contributed by atoms with van der Waals surface area (Å²) in [4.78, 5) is 2.23. The molecule has 0 heterocycles. The zero-order chi connectivity index (χ0) is 8.81. The third-order valence-corrected chi connectivity index (χ3v) is 1.91. The van der Waals surface area contributed by atoms with Gasteiger partial charge in [0.15, 0.2) is 0 Å². The maximum atomic E-state index is 2.23. The molecule has 0 aliphatic carbocycles. The lowest BCUT2D eigenvalue weighted by Crippen LogP contribution is -2.13. The maximum absolute atomic E-state index is 2.23. The Kier molecular flexibility index (Phi) is 6.20. The van der Waals surface area contributed by atoms with Gasteiger partial charge in [0.2, 0.25) is 0 Å². The summed E-state index contributed by atoms with van der Waals surface area (Å²) in [6.45, 7) is 1.18. The first kappa shape index (κ1) is 12.1. The first-order valence-corrected chi connectivity index (χ1v) is 4.47. The first-order chi connectivity index (χ1) is 5.79. The van der Waals surface area contributed by atoms with Crippen molar-refractivity contribution in [1.29, 1.82) is 0 Å². The molecule has 0 radical (unpaired) electrons. The van der Waals surface area contributed by atoms with Crippen molar-refractivity contribution in [1.82, 2.24) is 4.90 Å². The van der Waals surface area contributed by atoms with Crippen molar-refractivity contribution in [3.63, 3.8) is 0 Å². The van der Waals surface area contributed by atoms with Crippen LogP contribution in [0.5, 0.6) is 0 Å². The minimum absolute atomic E-state index is 0. The largest absolute Gasteiger partial charge is 0.412 e. The summed E-state index contributed by atoms with van der Waals surface area (Å²) in [6, 6.07) is 10.6. The third kappa shape index (κ3) is 5.39. The molecule has 0 unspecified atom stereocenters. The SMILES string of the molecule is CN(C)CCCc1ccccc1.O. The summed E-state index contributed by atoms with van der Waals surface area (Å²) in [5, 5.41) is 0. The molecule has 0 saturated heterocycles. The van der Waals surface area contributed by atoms with E-state index in [9.17, 15) is 0 Å². The Morgan fingerprint density at radius 3 is 2.23 bits per heavy atom. The van der Waals surface area contributed by atoms with Crippen LogP contribution in [0.4, 0.5) is 0 Å². The van der Waals surface area contributed by atoms with Gasteiger partial charge in [-0.05, 0) is 39.0 Å². The van der Waals surface area contributed by atoms with Crippen molar-refractivity contribution < 1.29 is 5.48 Å². The highest BCUT2D eigenvalue weighted by Crippen LogP contribution is 2.02. The van der Waals surface area contributed by atoms with Crippen LogP contribution < -0.4 is 0 Å². The maximum Gasteiger partial charge on any atom is -0.00217 e. The number of rotatable bonds is 4. The Morgan fingerprint density at radius 2 is 1.69 bits per heavy atom. The predicted molar refractivity (Wildman–Crippen MR) is 56.9 cm³/mol. The van der Waals surface area contributed by atoms with Gasteiger partial charge in [-0.25, -0.2) is 0 Å². The van der Waals surface area contributed by atoms with Gasteiger partial charge in [0.1, 0.15) is 0 Å². The van der Waals surface area contributed by atoms with Crippen LogP contribution in [0.3, 0.4) is 0 Å². The van der Waals surface area contributed by atoms with Gasteiger partial charge in [-0.3, -0.25) is 0 Å². The molecule has 1 aromatic rings. The summed E-state index contributed by atoms with van der Waals surface area (Å²) in [5.41, 5.74) is 1.44. The highest BCUT2D eigenvalue weighted by molar-refractivity contribution is 5.14. The molecule has 2 N–H and O–H groups in total. The van der Waals surface area contributed by atoms with Crippen LogP contribution in [-0.2, 0) is 6.42 Å². The smallest absolute Gasteiger partial charge is 0.00217 e. The normalized spacial score (nSPS) is 9.77. The van der Waals surface area contributed by atoms with E-state index in [1.165, 1.54) is 24.9 Å². The van der Waals surface area contributed by atoms with Gasteiger partial charge in [0.25, 0.3) is 0 Å². The van der Waals surface area contributed by atoms with Crippen LogP contribution in [-0.4, -0.2) is 31.0 Å². The Labute approximate surface area is 80.5 Å². The van der Waals surface area contributed by atoms with Crippen molar-refractivity contribution >= 4 is 0 Å². The van der Waals surface area contributed by atoms with E-state index in [0.29, 0.717) is 0 Å². The molecule has 1 aromatic carbocycles. The van der Waals surface area contributed by atoms with E-state index < -0.39 is 0 Å². The van der Waals surface area contributed by atoms with Crippen LogP contribution >= 0.6 is 0 Å². The summed E-state index contributed by atoms with van der Waals surface area (Å²) < 4.78 is 0. The van der Waals surface area contributed by atoms with E-state index in [1.807, 2.05) is 0 Å². The highest BCUT2D eigenvalue weighted by atomic mass is 16.0. The van der Waals surface area contributed by atoms with Crippen molar-refractivity contribution in [3.8, 4) is 0 Å². The minimum Gasteiger partial charge on any atom is -0.412 e. The molecule has 0 aliphatic heterocycles. The van der Waals surface area contributed by atoms with Crippen LogP contribution in [0.15, 0.2) is 30.3 Å². The molecule has 0 amide bonds. The predicted octanol–water partition coefficient (Wildman–Crippen LogP) is 1.36. The van der Waals surface area contributed by atoms with E-state index in [-0.39, 0.29) is 5.48 Å². The molecule has 2 heteroatoms. The molecule has 74 valence electrons. The standard InChI is InChI=1S/C11H17N.H2O/c1-12(2)10-6-9-11-7-4-3-5-8-11;/h3-5,7-8H,6,9-10H2,1-2H3;1H2. The number of hydrogen-bond donors (Lipinski definition) is 0. The van der Waals surface area contributed by atoms with Crippen LogP contribution in [0.25, 0.3) is 0 Å². The molecule has 0 fully saturated rings. The Hall–Kier alpha value is -0.860.